The number of hydrogen-bond donors (Lipinski definition) is 2. The molecule has 0 aliphatic heterocycles. The van der Waals surface area contributed by atoms with Crippen molar-refractivity contribution < 1.29 is 9.59 Å². The highest BCUT2D eigenvalue weighted by Gasteiger charge is 2.13. The van der Waals surface area contributed by atoms with Crippen LogP contribution in [-0.2, 0) is 9.59 Å². The minimum Gasteiger partial charge on any atom is -0.262 e. The Bertz CT molecular complexity index is 462. The second kappa shape index (κ2) is 8.92. The summed E-state index contributed by atoms with van der Waals surface area (Å²) < 4.78 is 0. The summed E-state index contributed by atoms with van der Waals surface area (Å²) in [6.07, 6.45) is 17.8. The van der Waals surface area contributed by atoms with Crippen molar-refractivity contribution in [1.29, 1.82) is 0 Å². The highest BCUT2D eigenvalue weighted by Crippen LogP contribution is 2.16. The Morgan fingerprint density at radius 3 is 1.64 bits per heavy atom. The molecule has 6 nitrogen and oxygen atoms in total. The average Bonchev–Trinajstić information content (AvgIpc) is 2.56. The van der Waals surface area contributed by atoms with Gasteiger partial charge in [-0.05, 0) is 50.4 Å². The Labute approximate surface area is 130 Å². The molecule has 2 amide bonds. The smallest absolute Gasteiger partial charge is 0.262 e. The van der Waals surface area contributed by atoms with E-state index in [-0.39, 0.29) is 0 Å². The Balaban J connectivity index is 1.66. The zero-order valence-corrected chi connectivity index (χ0v) is 12.6. The summed E-state index contributed by atoms with van der Waals surface area (Å²) in [6, 6.07) is 0. The number of amides is 2. The summed E-state index contributed by atoms with van der Waals surface area (Å²) in [5.74, 6) is -0.956. The normalized spacial score (nSPS) is 24.7. The molecule has 0 radical (unpaired) electrons. The highest BCUT2D eigenvalue weighted by molar-refractivity contribution is 6.35. The van der Waals surface area contributed by atoms with E-state index in [4.69, 9.17) is 0 Å². The fraction of sp³-hybridized carbons (Fsp3) is 0.500. The molecule has 0 aromatic carbocycles. The first-order valence-corrected chi connectivity index (χ1v) is 7.72. The monoisotopic (exact) mass is 302 g/mol. The molecule has 2 N–H and O–H groups in total. The third kappa shape index (κ3) is 5.63. The highest BCUT2D eigenvalue weighted by atomic mass is 16.2. The second-order valence-electron chi connectivity index (χ2n) is 5.53. The molecule has 118 valence electrons. The maximum absolute atomic E-state index is 11.5. The number of hydrogen-bond acceptors (Lipinski definition) is 4. The lowest BCUT2D eigenvalue weighted by Crippen LogP contribution is -2.35. The van der Waals surface area contributed by atoms with Crippen LogP contribution in [-0.4, -0.2) is 24.2 Å². The Morgan fingerprint density at radius 1 is 0.818 bits per heavy atom. The predicted octanol–water partition coefficient (Wildman–Crippen LogP) is 1.90. The van der Waals surface area contributed by atoms with E-state index in [1.165, 1.54) is 0 Å². The van der Waals surface area contributed by atoms with Crippen LogP contribution in [0.25, 0.3) is 0 Å². The third-order valence-corrected chi connectivity index (χ3v) is 3.73. The number of hydrazone groups is 2. The molecule has 6 heteroatoms. The fourth-order valence-electron chi connectivity index (χ4n) is 2.41. The topological polar surface area (TPSA) is 82.9 Å². The molecule has 0 saturated carbocycles. The summed E-state index contributed by atoms with van der Waals surface area (Å²) in [7, 11) is 0. The number of carbonyl (C=O) groups excluding carboxylic acids is 2. The van der Waals surface area contributed by atoms with Crippen molar-refractivity contribution in [1.82, 2.24) is 10.9 Å². The van der Waals surface area contributed by atoms with Gasteiger partial charge >= 0.3 is 11.8 Å². The molecule has 0 spiro atoms. The number of rotatable bonds is 4. The van der Waals surface area contributed by atoms with Gasteiger partial charge in [0.2, 0.25) is 0 Å². The molecular weight excluding hydrogens is 280 g/mol. The van der Waals surface area contributed by atoms with Crippen molar-refractivity contribution in [2.24, 2.45) is 22.0 Å². The van der Waals surface area contributed by atoms with Gasteiger partial charge < -0.3 is 0 Å². The quantitative estimate of drug-likeness (QED) is 0.360. The molecule has 0 aromatic heterocycles. The van der Waals surface area contributed by atoms with Gasteiger partial charge in [-0.2, -0.15) is 10.2 Å². The molecule has 2 aliphatic carbocycles. The van der Waals surface area contributed by atoms with Crippen LogP contribution in [0.5, 0.6) is 0 Å². The van der Waals surface area contributed by atoms with Gasteiger partial charge in [-0.25, -0.2) is 10.9 Å². The van der Waals surface area contributed by atoms with E-state index >= 15 is 0 Å². The zero-order valence-electron chi connectivity index (χ0n) is 12.6. The summed E-state index contributed by atoms with van der Waals surface area (Å²) in [5, 5.41) is 7.67. The van der Waals surface area contributed by atoms with E-state index in [0.29, 0.717) is 11.8 Å². The van der Waals surface area contributed by atoms with Crippen LogP contribution in [0.3, 0.4) is 0 Å². The second-order valence-corrected chi connectivity index (χ2v) is 5.53. The molecule has 0 bridgehead atoms. The number of allylic oxidation sites excluding steroid dienone is 4. The first kappa shape index (κ1) is 16.1. The summed E-state index contributed by atoms with van der Waals surface area (Å²) in [6.45, 7) is 0. The molecule has 2 aliphatic rings. The maximum atomic E-state index is 11.5. The van der Waals surface area contributed by atoms with Crippen LogP contribution in [0.1, 0.15) is 38.5 Å². The molecule has 0 aromatic rings. The van der Waals surface area contributed by atoms with Crippen LogP contribution < -0.4 is 10.9 Å². The van der Waals surface area contributed by atoms with Crippen molar-refractivity contribution >= 4 is 24.2 Å². The van der Waals surface area contributed by atoms with Crippen LogP contribution in [0.15, 0.2) is 34.5 Å². The van der Waals surface area contributed by atoms with Crippen molar-refractivity contribution in [2.75, 3.05) is 0 Å². The van der Waals surface area contributed by atoms with E-state index in [1.54, 1.807) is 12.4 Å². The predicted molar refractivity (Wildman–Crippen MR) is 86.2 cm³/mol. The van der Waals surface area contributed by atoms with Crippen molar-refractivity contribution in [3.05, 3.63) is 24.3 Å². The van der Waals surface area contributed by atoms with Gasteiger partial charge in [0, 0.05) is 12.4 Å². The lowest BCUT2D eigenvalue weighted by Gasteiger charge is -2.12. The van der Waals surface area contributed by atoms with Crippen LogP contribution in [0.4, 0.5) is 0 Å². The SMILES string of the molecule is O=C(N/N=C\[C@@H]1CC=CCC1)C(=O)N/N=C\[C@@H]1CC=CCC1. The van der Waals surface area contributed by atoms with E-state index in [9.17, 15) is 9.59 Å². The molecule has 2 atom stereocenters. The van der Waals surface area contributed by atoms with E-state index in [0.717, 1.165) is 38.5 Å². The summed E-state index contributed by atoms with van der Waals surface area (Å²) >= 11 is 0. The average molecular weight is 302 g/mol. The van der Waals surface area contributed by atoms with E-state index in [2.05, 4.69) is 45.4 Å². The zero-order chi connectivity index (χ0) is 15.6. The largest absolute Gasteiger partial charge is 0.331 e. The van der Waals surface area contributed by atoms with Crippen molar-refractivity contribution in [2.45, 2.75) is 38.5 Å². The molecule has 0 heterocycles. The fourth-order valence-corrected chi connectivity index (χ4v) is 2.41. The Kier molecular flexibility index (Phi) is 6.54. The summed E-state index contributed by atoms with van der Waals surface area (Å²) in [4.78, 5) is 23.1. The molecule has 0 fully saturated rings. The molecular formula is C16H22N4O2. The lowest BCUT2D eigenvalue weighted by molar-refractivity contribution is -0.139. The van der Waals surface area contributed by atoms with Gasteiger partial charge in [0.15, 0.2) is 0 Å². The van der Waals surface area contributed by atoms with Gasteiger partial charge in [0.05, 0.1) is 0 Å². The third-order valence-electron chi connectivity index (χ3n) is 3.73. The Hall–Kier alpha value is -2.24. The van der Waals surface area contributed by atoms with Crippen LogP contribution in [0.2, 0.25) is 0 Å². The van der Waals surface area contributed by atoms with E-state index in [1.807, 2.05) is 0 Å². The Morgan fingerprint density at radius 2 is 1.27 bits per heavy atom. The van der Waals surface area contributed by atoms with Gasteiger partial charge in [0.25, 0.3) is 0 Å². The van der Waals surface area contributed by atoms with Gasteiger partial charge in [-0.15, -0.1) is 0 Å². The summed E-state index contributed by atoms with van der Waals surface area (Å²) in [5.41, 5.74) is 4.45. The van der Waals surface area contributed by atoms with E-state index < -0.39 is 11.8 Å². The minimum absolute atomic E-state index is 0.325. The van der Waals surface area contributed by atoms with Crippen LogP contribution >= 0.6 is 0 Å². The molecule has 22 heavy (non-hydrogen) atoms. The van der Waals surface area contributed by atoms with Gasteiger partial charge in [0.1, 0.15) is 0 Å². The minimum atomic E-state index is -0.803. The van der Waals surface area contributed by atoms with Crippen LogP contribution in [0, 0.1) is 11.8 Å². The van der Waals surface area contributed by atoms with Crippen molar-refractivity contribution in [3.63, 3.8) is 0 Å². The first-order chi connectivity index (χ1) is 10.8. The lowest BCUT2D eigenvalue weighted by atomic mass is 9.96. The van der Waals surface area contributed by atoms with Gasteiger partial charge in [-0.3, -0.25) is 9.59 Å². The maximum Gasteiger partial charge on any atom is 0.331 e. The molecule has 0 unspecified atom stereocenters. The molecule has 0 saturated heterocycles. The number of carbonyl (C=O) groups is 2. The first-order valence-electron chi connectivity index (χ1n) is 7.72. The van der Waals surface area contributed by atoms with Crippen molar-refractivity contribution in [3.8, 4) is 0 Å². The number of nitrogens with zero attached hydrogens (tertiary/aromatic N) is 2. The van der Waals surface area contributed by atoms with Gasteiger partial charge in [-0.1, -0.05) is 24.3 Å². The number of nitrogens with one attached hydrogen (secondary N) is 2. The standard InChI is InChI=1S/C16H22N4O2/c21-15(19-17-11-13-7-3-1-4-8-13)16(22)20-18-12-14-9-5-2-6-10-14/h1-3,5,11-14H,4,6-10H2,(H,19,21)(H,20,22)/b17-11-,18-12-/t13-,14-/m1/s1. The molecule has 2 rings (SSSR count).